The molecule has 0 amide bonds. The van der Waals surface area contributed by atoms with Gasteiger partial charge in [-0.2, -0.15) is 0 Å². The molecule has 0 aliphatic rings. The number of methoxy groups -OCH3 is 1. The second-order valence-electron chi connectivity index (χ2n) is 3.88. The Morgan fingerprint density at radius 2 is 2.41 bits per heavy atom. The molecule has 1 aromatic rings. The van der Waals surface area contributed by atoms with Gasteiger partial charge in [0.25, 0.3) is 0 Å². The van der Waals surface area contributed by atoms with Gasteiger partial charge in [0.1, 0.15) is 11.3 Å². The van der Waals surface area contributed by atoms with Crippen molar-refractivity contribution < 1.29 is 19.1 Å². The Balaban J connectivity index is 2.52. The van der Waals surface area contributed by atoms with E-state index in [9.17, 15) is 4.79 Å². The lowest BCUT2D eigenvalue weighted by Crippen LogP contribution is -2.32. The molecule has 0 fully saturated rings. The number of ether oxygens (including phenoxy) is 1. The van der Waals surface area contributed by atoms with E-state index < -0.39 is 5.97 Å². The second kappa shape index (κ2) is 7.09. The average Bonchev–Trinajstić information content (AvgIpc) is 2.74. The molecule has 17 heavy (non-hydrogen) atoms. The third kappa shape index (κ3) is 4.20. The van der Waals surface area contributed by atoms with Gasteiger partial charge in [-0.1, -0.05) is 13.3 Å². The topological polar surface area (TPSA) is 71.7 Å². The standard InChI is InChI=1S/C12H19NO4/c1-3-4-9(8-16-2)13-7-11-10(12(14)15)5-6-17-11/h5-6,9,13H,3-4,7-8H2,1-2H3,(H,14,15). The Hall–Kier alpha value is -1.33. The number of hydrogen-bond donors (Lipinski definition) is 2. The predicted molar refractivity (Wildman–Crippen MR) is 63.1 cm³/mol. The summed E-state index contributed by atoms with van der Waals surface area (Å²) in [5.74, 6) is -0.510. The van der Waals surface area contributed by atoms with E-state index in [1.807, 2.05) is 0 Å². The van der Waals surface area contributed by atoms with Crippen LogP contribution in [0.25, 0.3) is 0 Å². The van der Waals surface area contributed by atoms with Crippen LogP contribution in [-0.4, -0.2) is 30.8 Å². The van der Waals surface area contributed by atoms with E-state index in [2.05, 4.69) is 12.2 Å². The Kier molecular flexibility index (Phi) is 5.72. The van der Waals surface area contributed by atoms with Gasteiger partial charge in [0.15, 0.2) is 0 Å². The molecule has 0 aliphatic carbocycles. The molecule has 1 heterocycles. The fourth-order valence-corrected chi connectivity index (χ4v) is 1.70. The SMILES string of the molecule is CCCC(COC)NCc1occc1C(=O)O. The lowest BCUT2D eigenvalue weighted by Gasteiger charge is -2.16. The molecular weight excluding hydrogens is 222 g/mol. The Morgan fingerprint density at radius 3 is 3.00 bits per heavy atom. The van der Waals surface area contributed by atoms with Gasteiger partial charge >= 0.3 is 5.97 Å². The molecule has 0 radical (unpaired) electrons. The molecule has 96 valence electrons. The zero-order valence-corrected chi connectivity index (χ0v) is 10.2. The minimum absolute atomic E-state index is 0.213. The van der Waals surface area contributed by atoms with Crippen LogP contribution < -0.4 is 5.32 Å². The highest BCUT2D eigenvalue weighted by Crippen LogP contribution is 2.11. The first-order chi connectivity index (χ1) is 8.19. The van der Waals surface area contributed by atoms with Gasteiger partial charge in [0, 0.05) is 13.2 Å². The molecule has 2 N–H and O–H groups in total. The van der Waals surface area contributed by atoms with Crippen molar-refractivity contribution in [2.75, 3.05) is 13.7 Å². The van der Waals surface area contributed by atoms with Crippen LogP contribution in [0.3, 0.4) is 0 Å². The van der Waals surface area contributed by atoms with Crippen molar-refractivity contribution >= 4 is 5.97 Å². The van der Waals surface area contributed by atoms with Crippen molar-refractivity contribution in [2.45, 2.75) is 32.4 Å². The molecule has 0 bridgehead atoms. The first kappa shape index (κ1) is 13.7. The zero-order chi connectivity index (χ0) is 12.7. The summed E-state index contributed by atoms with van der Waals surface area (Å²) < 4.78 is 10.2. The van der Waals surface area contributed by atoms with Gasteiger partial charge in [-0.3, -0.25) is 0 Å². The largest absolute Gasteiger partial charge is 0.478 e. The first-order valence-corrected chi connectivity index (χ1v) is 5.71. The predicted octanol–water partition coefficient (Wildman–Crippen LogP) is 1.88. The van der Waals surface area contributed by atoms with Crippen LogP contribution in [-0.2, 0) is 11.3 Å². The molecule has 0 spiro atoms. The van der Waals surface area contributed by atoms with Crippen molar-refractivity contribution in [3.63, 3.8) is 0 Å². The van der Waals surface area contributed by atoms with E-state index in [0.29, 0.717) is 18.9 Å². The van der Waals surface area contributed by atoms with Gasteiger partial charge in [-0.25, -0.2) is 4.79 Å². The molecule has 1 aromatic heterocycles. The summed E-state index contributed by atoms with van der Waals surface area (Å²) in [6.07, 6.45) is 3.42. The molecule has 0 aliphatic heterocycles. The quantitative estimate of drug-likeness (QED) is 0.727. The van der Waals surface area contributed by atoms with Crippen molar-refractivity contribution in [3.05, 3.63) is 23.7 Å². The van der Waals surface area contributed by atoms with E-state index in [1.54, 1.807) is 7.11 Å². The van der Waals surface area contributed by atoms with Gasteiger partial charge in [-0.15, -0.1) is 0 Å². The van der Waals surface area contributed by atoms with Crippen LogP contribution in [0.5, 0.6) is 0 Å². The number of carbonyl (C=O) groups is 1. The molecule has 1 rings (SSSR count). The van der Waals surface area contributed by atoms with Crippen molar-refractivity contribution in [1.82, 2.24) is 5.32 Å². The first-order valence-electron chi connectivity index (χ1n) is 5.71. The molecule has 0 aromatic carbocycles. The highest BCUT2D eigenvalue weighted by Gasteiger charge is 2.14. The van der Waals surface area contributed by atoms with Crippen LogP contribution in [0.15, 0.2) is 16.7 Å². The maximum Gasteiger partial charge on any atom is 0.339 e. The number of carboxylic acids is 1. The third-order valence-corrected chi connectivity index (χ3v) is 2.53. The van der Waals surface area contributed by atoms with Crippen LogP contribution in [0.2, 0.25) is 0 Å². The number of rotatable bonds is 8. The average molecular weight is 241 g/mol. The summed E-state index contributed by atoms with van der Waals surface area (Å²) >= 11 is 0. The Morgan fingerprint density at radius 1 is 1.65 bits per heavy atom. The molecule has 5 heteroatoms. The molecule has 0 saturated heterocycles. The third-order valence-electron chi connectivity index (χ3n) is 2.53. The summed E-state index contributed by atoms with van der Waals surface area (Å²) in [5.41, 5.74) is 0.213. The molecule has 1 atom stereocenters. The van der Waals surface area contributed by atoms with E-state index in [1.165, 1.54) is 12.3 Å². The van der Waals surface area contributed by atoms with Gasteiger partial charge < -0.3 is 19.6 Å². The second-order valence-corrected chi connectivity index (χ2v) is 3.88. The maximum atomic E-state index is 10.9. The van der Waals surface area contributed by atoms with Gasteiger partial charge in [0.2, 0.25) is 0 Å². The summed E-state index contributed by atoms with van der Waals surface area (Å²) in [4.78, 5) is 10.9. The number of carboxylic acid groups (broad SMARTS) is 1. The fraction of sp³-hybridized carbons (Fsp3) is 0.583. The minimum Gasteiger partial charge on any atom is -0.478 e. The summed E-state index contributed by atoms with van der Waals surface area (Å²) in [5, 5.41) is 12.2. The monoisotopic (exact) mass is 241 g/mol. The van der Waals surface area contributed by atoms with E-state index >= 15 is 0 Å². The number of hydrogen-bond acceptors (Lipinski definition) is 4. The molecule has 1 unspecified atom stereocenters. The van der Waals surface area contributed by atoms with E-state index in [4.69, 9.17) is 14.3 Å². The fourth-order valence-electron chi connectivity index (χ4n) is 1.70. The van der Waals surface area contributed by atoms with Crippen molar-refractivity contribution in [3.8, 4) is 0 Å². The van der Waals surface area contributed by atoms with Gasteiger partial charge in [0.05, 0.1) is 19.4 Å². The number of aromatic carboxylic acids is 1. The van der Waals surface area contributed by atoms with Gasteiger partial charge in [-0.05, 0) is 12.5 Å². The van der Waals surface area contributed by atoms with Crippen molar-refractivity contribution in [1.29, 1.82) is 0 Å². The normalized spacial score (nSPS) is 12.6. The highest BCUT2D eigenvalue weighted by molar-refractivity contribution is 5.88. The Bertz CT molecular complexity index is 342. The van der Waals surface area contributed by atoms with Crippen LogP contribution in [0, 0.1) is 0 Å². The van der Waals surface area contributed by atoms with Crippen LogP contribution in [0.4, 0.5) is 0 Å². The van der Waals surface area contributed by atoms with Crippen molar-refractivity contribution in [2.24, 2.45) is 0 Å². The van der Waals surface area contributed by atoms with Crippen LogP contribution >= 0.6 is 0 Å². The lowest BCUT2D eigenvalue weighted by atomic mass is 10.1. The molecular formula is C12H19NO4. The lowest BCUT2D eigenvalue weighted by molar-refractivity contribution is 0.0694. The number of nitrogens with one attached hydrogen (secondary N) is 1. The Labute approximate surface area is 101 Å². The van der Waals surface area contributed by atoms with E-state index in [-0.39, 0.29) is 11.6 Å². The van der Waals surface area contributed by atoms with Crippen LogP contribution in [0.1, 0.15) is 35.9 Å². The maximum absolute atomic E-state index is 10.9. The summed E-state index contributed by atoms with van der Waals surface area (Å²) in [6.45, 7) is 3.11. The van der Waals surface area contributed by atoms with E-state index in [0.717, 1.165) is 12.8 Å². The molecule has 5 nitrogen and oxygen atoms in total. The number of furan rings is 1. The highest BCUT2D eigenvalue weighted by atomic mass is 16.5. The zero-order valence-electron chi connectivity index (χ0n) is 10.2. The summed E-state index contributed by atoms with van der Waals surface area (Å²) in [6, 6.07) is 1.68. The molecule has 0 saturated carbocycles. The summed E-state index contributed by atoms with van der Waals surface area (Å²) in [7, 11) is 1.65. The smallest absolute Gasteiger partial charge is 0.339 e. The minimum atomic E-state index is -0.964.